The minimum atomic E-state index is -1.22. The Bertz CT molecular complexity index is 595. The summed E-state index contributed by atoms with van der Waals surface area (Å²) in [5, 5.41) is 13.1. The van der Waals surface area contributed by atoms with Gasteiger partial charge >= 0.3 is 0 Å². The van der Waals surface area contributed by atoms with Crippen molar-refractivity contribution in [2.75, 3.05) is 6.54 Å². The van der Waals surface area contributed by atoms with Gasteiger partial charge in [-0.15, -0.1) is 0 Å². The zero-order valence-electron chi connectivity index (χ0n) is 12.1. The van der Waals surface area contributed by atoms with Gasteiger partial charge in [0.1, 0.15) is 11.6 Å². The molecule has 0 spiro atoms. The molecule has 2 aromatic rings. The SMILES string of the molecule is Cc1cccc([C@@H](C)NCC(O)c2c(F)cccc2F)c1. The summed E-state index contributed by atoms with van der Waals surface area (Å²) >= 11 is 0. The van der Waals surface area contributed by atoms with Gasteiger partial charge in [-0.2, -0.15) is 0 Å². The van der Waals surface area contributed by atoms with Gasteiger partial charge < -0.3 is 10.4 Å². The van der Waals surface area contributed by atoms with Gasteiger partial charge in [0.05, 0.1) is 11.7 Å². The van der Waals surface area contributed by atoms with Gasteiger partial charge in [-0.25, -0.2) is 8.78 Å². The van der Waals surface area contributed by atoms with Crippen LogP contribution in [0.1, 0.15) is 35.8 Å². The Balaban J connectivity index is 2.02. The molecule has 2 nitrogen and oxygen atoms in total. The molecule has 21 heavy (non-hydrogen) atoms. The Hall–Kier alpha value is -1.78. The monoisotopic (exact) mass is 291 g/mol. The van der Waals surface area contributed by atoms with E-state index in [9.17, 15) is 13.9 Å². The van der Waals surface area contributed by atoms with Gasteiger partial charge in [-0.3, -0.25) is 0 Å². The topological polar surface area (TPSA) is 32.3 Å². The Morgan fingerprint density at radius 3 is 2.33 bits per heavy atom. The molecular weight excluding hydrogens is 272 g/mol. The first-order valence-corrected chi connectivity index (χ1v) is 6.91. The largest absolute Gasteiger partial charge is 0.387 e. The lowest BCUT2D eigenvalue weighted by atomic mass is 10.0. The van der Waals surface area contributed by atoms with E-state index in [4.69, 9.17) is 0 Å². The highest BCUT2D eigenvalue weighted by Crippen LogP contribution is 2.21. The van der Waals surface area contributed by atoms with Crippen LogP contribution >= 0.6 is 0 Å². The summed E-state index contributed by atoms with van der Waals surface area (Å²) in [6.07, 6.45) is -1.22. The number of hydrogen-bond acceptors (Lipinski definition) is 2. The van der Waals surface area contributed by atoms with Crippen LogP contribution < -0.4 is 5.32 Å². The third-order valence-corrected chi connectivity index (χ3v) is 3.49. The minimum Gasteiger partial charge on any atom is -0.387 e. The summed E-state index contributed by atoms with van der Waals surface area (Å²) in [7, 11) is 0. The summed E-state index contributed by atoms with van der Waals surface area (Å²) in [6.45, 7) is 4.02. The van der Waals surface area contributed by atoms with Crippen LogP contribution in [0.4, 0.5) is 8.78 Å². The van der Waals surface area contributed by atoms with E-state index in [-0.39, 0.29) is 18.2 Å². The third-order valence-electron chi connectivity index (χ3n) is 3.49. The number of halogens is 2. The normalized spacial score (nSPS) is 14.0. The summed E-state index contributed by atoms with van der Waals surface area (Å²) in [6, 6.07) is 11.5. The van der Waals surface area contributed by atoms with Gasteiger partial charge in [-0.05, 0) is 31.5 Å². The number of rotatable bonds is 5. The molecule has 1 unspecified atom stereocenters. The summed E-state index contributed by atoms with van der Waals surface area (Å²) < 4.78 is 27.1. The Kier molecular flexibility index (Phi) is 5.04. The van der Waals surface area contributed by atoms with Crippen molar-refractivity contribution in [2.45, 2.75) is 26.0 Å². The molecule has 0 saturated carbocycles. The lowest BCUT2D eigenvalue weighted by Crippen LogP contribution is -2.25. The molecule has 4 heteroatoms. The van der Waals surface area contributed by atoms with Crippen molar-refractivity contribution in [3.8, 4) is 0 Å². The molecule has 2 aromatic carbocycles. The Morgan fingerprint density at radius 2 is 1.71 bits per heavy atom. The zero-order valence-corrected chi connectivity index (χ0v) is 12.1. The second kappa shape index (κ2) is 6.78. The summed E-state index contributed by atoms with van der Waals surface area (Å²) in [5.74, 6) is -1.46. The fourth-order valence-electron chi connectivity index (χ4n) is 2.28. The quantitative estimate of drug-likeness (QED) is 0.881. The first kappa shape index (κ1) is 15.6. The minimum absolute atomic E-state index is 0.0191. The standard InChI is InChI=1S/C17H19F2NO/c1-11-5-3-6-13(9-11)12(2)20-10-16(21)17-14(18)7-4-8-15(17)19/h3-9,12,16,20-21H,10H2,1-2H3/t12-,16?/m1/s1. The highest BCUT2D eigenvalue weighted by molar-refractivity contribution is 5.25. The predicted molar refractivity (Wildman–Crippen MR) is 78.9 cm³/mol. The lowest BCUT2D eigenvalue weighted by Gasteiger charge is -2.19. The average molecular weight is 291 g/mol. The first-order valence-electron chi connectivity index (χ1n) is 6.91. The van der Waals surface area contributed by atoms with Crippen LogP contribution in [0.3, 0.4) is 0 Å². The molecule has 0 aliphatic heterocycles. The van der Waals surface area contributed by atoms with E-state index in [1.165, 1.54) is 6.07 Å². The second-order valence-corrected chi connectivity index (χ2v) is 5.20. The van der Waals surface area contributed by atoms with Crippen LogP contribution in [0.25, 0.3) is 0 Å². The lowest BCUT2D eigenvalue weighted by molar-refractivity contribution is 0.161. The Morgan fingerprint density at radius 1 is 1.10 bits per heavy atom. The van der Waals surface area contributed by atoms with Crippen LogP contribution in [-0.4, -0.2) is 11.7 Å². The molecule has 0 amide bonds. The van der Waals surface area contributed by atoms with Gasteiger partial charge in [0.15, 0.2) is 0 Å². The molecule has 2 rings (SSSR count). The molecular formula is C17H19F2NO. The van der Waals surface area contributed by atoms with Crippen molar-refractivity contribution in [3.05, 3.63) is 70.8 Å². The predicted octanol–water partition coefficient (Wildman–Crippen LogP) is 3.66. The molecule has 0 bridgehead atoms. The van der Waals surface area contributed by atoms with Crippen LogP contribution in [0.15, 0.2) is 42.5 Å². The van der Waals surface area contributed by atoms with Crippen LogP contribution in [-0.2, 0) is 0 Å². The number of aliphatic hydroxyl groups excluding tert-OH is 1. The Labute approximate surface area is 123 Å². The maximum Gasteiger partial charge on any atom is 0.131 e. The molecule has 0 aliphatic carbocycles. The molecule has 0 aliphatic rings. The zero-order chi connectivity index (χ0) is 15.4. The maximum absolute atomic E-state index is 13.6. The molecule has 0 aromatic heterocycles. The van der Waals surface area contributed by atoms with Crippen LogP contribution in [0.2, 0.25) is 0 Å². The van der Waals surface area contributed by atoms with Crippen molar-refractivity contribution in [1.29, 1.82) is 0 Å². The third kappa shape index (κ3) is 3.86. The maximum atomic E-state index is 13.6. The van der Waals surface area contributed by atoms with Crippen molar-refractivity contribution < 1.29 is 13.9 Å². The number of aryl methyl sites for hydroxylation is 1. The van der Waals surface area contributed by atoms with Gasteiger partial charge in [0, 0.05) is 12.6 Å². The molecule has 0 heterocycles. The second-order valence-electron chi connectivity index (χ2n) is 5.20. The average Bonchev–Trinajstić information content (AvgIpc) is 2.44. The molecule has 0 radical (unpaired) electrons. The van der Waals surface area contributed by atoms with E-state index in [1.807, 2.05) is 38.1 Å². The molecule has 2 atom stereocenters. The van der Waals surface area contributed by atoms with Crippen molar-refractivity contribution in [3.63, 3.8) is 0 Å². The number of aliphatic hydroxyl groups is 1. The van der Waals surface area contributed by atoms with Crippen LogP contribution in [0, 0.1) is 18.6 Å². The molecule has 2 N–H and O–H groups in total. The summed E-state index contributed by atoms with van der Waals surface area (Å²) in [4.78, 5) is 0. The summed E-state index contributed by atoms with van der Waals surface area (Å²) in [5.41, 5.74) is 1.92. The van der Waals surface area contributed by atoms with Crippen molar-refractivity contribution in [1.82, 2.24) is 5.32 Å². The fourth-order valence-corrected chi connectivity index (χ4v) is 2.28. The first-order chi connectivity index (χ1) is 9.99. The van der Waals surface area contributed by atoms with E-state index >= 15 is 0 Å². The van der Waals surface area contributed by atoms with E-state index in [0.29, 0.717) is 0 Å². The van der Waals surface area contributed by atoms with Gasteiger partial charge in [0.2, 0.25) is 0 Å². The van der Waals surface area contributed by atoms with E-state index in [1.54, 1.807) is 0 Å². The number of benzene rings is 2. The van der Waals surface area contributed by atoms with Gasteiger partial charge in [0.25, 0.3) is 0 Å². The van der Waals surface area contributed by atoms with E-state index in [0.717, 1.165) is 23.3 Å². The van der Waals surface area contributed by atoms with E-state index in [2.05, 4.69) is 5.32 Å². The smallest absolute Gasteiger partial charge is 0.131 e. The molecule has 112 valence electrons. The fraction of sp³-hybridized carbons (Fsp3) is 0.294. The number of nitrogens with one attached hydrogen (secondary N) is 1. The van der Waals surface area contributed by atoms with Gasteiger partial charge in [-0.1, -0.05) is 35.9 Å². The van der Waals surface area contributed by atoms with E-state index < -0.39 is 17.7 Å². The van der Waals surface area contributed by atoms with Crippen molar-refractivity contribution in [2.24, 2.45) is 0 Å². The highest BCUT2D eigenvalue weighted by Gasteiger charge is 2.18. The molecule has 0 fully saturated rings. The molecule has 0 saturated heterocycles. The van der Waals surface area contributed by atoms with Crippen LogP contribution in [0.5, 0.6) is 0 Å². The number of hydrogen-bond donors (Lipinski definition) is 2. The van der Waals surface area contributed by atoms with Crippen molar-refractivity contribution >= 4 is 0 Å². The highest BCUT2D eigenvalue weighted by atomic mass is 19.1.